The fraction of sp³-hybridized carbons (Fsp3) is 0.688. The molecule has 4 heteroatoms. The standard InChI is InChI=1S/C16H27N3O/c1-4-8-17-10-14-5-6-16(18-11-14)19-9-7-13(2)15(12-19)20-3/h5-6,11,13,15,17H,4,7-10,12H2,1-3H3. The highest BCUT2D eigenvalue weighted by atomic mass is 16.5. The van der Waals surface area contributed by atoms with Crippen molar-refractivity contribution in [2.45, 2.75) is 39.3 Å². The van der Waals surface area contributed by atoms with Gasteiger partial charge in [-0.15, -0.1) is 0 Å². The Morgan fingerprint density at radius 2 is 2.30 bits per heavy atom. The van der Waals surface area contributed by atoms with Crippen LogP contribution in [0.15, 0.2) is 18.3 Å². The SMILES string of the molecule is CCCNCc1ccc(N2CCC(C)C(OC)C2)nc1. The van der Waals surface area contributed by atoms with Crippen LogP contribution in [0.4, 0.5) is 5.82 Å². The minimum absolute atomic E-state index is 0.316. The molecule has 2 atom stereocenters. The second-order valence-electron chi connectivity index (χ2n) is 5.69. The number of nitrogens with one attached hydrogen (secondary N) is 1. The van der Waals surface area contributed by atoms with E-state index in [9.17, 15) is 0 Å². The van der Waals surface area contributed by atoms with E-state index in [1.165, 1.54) is 12.0 Å². The Labute approximate surface area is 122 Å². The number of anilines is 1. The smallest absolute Gasteiger partial charge is 0.128 e. The second kappa shape index (κ2) is 7.60. The molecule has 1 N–H and O–H groups in total. The van der Waals surface area contributed by atoms with Gasteiger partial charge in [0.1, 0.15) is 5.82 Å². The van der Waals surface area contributed by atoms with E-state index in [-0.39, 0.29) is 0 Å². The van der Waals surface area contributed by atoms with Crippen LogP contribution in [0.1, 0.15) is 32.3 Å². The first-order valence-corrected chi connectivity index (χ1v) is 7.68. The van der Waals surface area contributed by atoms with Gasteiger partial charge < -0.3 is 15.0 Å². The number of piperidine rings is 1. The van der Waals surface area contributed by atoms with Crippen LogP contribution < -0.4 is 10.2 Å². The van der Waals surface area contributed by atoms with E-state index in [1.54, 1.807) is 7.11 Å². The van der Waals surface area contributed by atoms with Crippen LogP contribution >= 0.6 is 0 Å². The van der Waals surface area contributed by atoms with Crippen LogP contribution in [-0.2, 0) is 11.3 Å². The maximum absolute atomic E-state index is 5.56. The molecular formula is C16H27N3O. The van der Waals surface area contributed by atoms with Gasteiger partial charge in [0.2, 0.25) is 0 Å². The summed E-state index contributed by atoms with van der Waals surface area (Å²) in [7, 11) is 1.81. The van der Waals surface area contributed by atoms with Crippen molar-refractivity contribution in [3.05, 3.63) is 23.9 Å². The third kappa shape index (κ3) is 3.93. The fourth-order valence-corrected chi connectivity index (χ4v) is 2.67. The lowest BCUT2D eigenvalue weighted by Gasteiger charge is -2.36. The number of aromatic nitrogens is 1. The monoisotopic (exact) mass is 277 g/mol. The molecule has 2 unspecified atom stereocenters. The third-order valence-corrected chi connectivity index (χ3v) is 4.08. The highest BCUT2D eigenvalue weighted by Gasteiger charge is 2.26. The molecule has 0 saturated carbocycles. The van der Waals surface area contributed by atoms with E-state index in [0.29, 0.717) is 12.0 Å². The molecule has 0 aromatic carbocycles. The first-order chi connectivity index (χ1) is 9.74. The van der Waals surface area contributed by atoms with Gasteiger partial charge in [-0.2, -0.15) is 0 Å². The maximum atomic E-state index is 5.56. The Morgan fingerprint density at radius 1 is 1.45 bits per heavy atom. The summed E-state index contributed by atoms with van der Waals surface area (Å²) in [6.45, 7) is 8.42. The molecule has 1 saturated heterocycles. The zero-order valence-corrected chi connectivity index (χ0v) is 12.9. The number of hydrogen-bond donors (Lipinski definition) is 1. The van der Waals surface area contributed by atoms with Gasteiger partial charge in [-0.05, 0) is 36.9 Å². The molecule has 0 aliphatic carbocycles. The van der Waals surface area contributed by atoms with Crippen molar-refractivity contribution >= 4 is 5.82 Å². The van der Waals surface area contributed by atoms with Crippen LogP contribution in [0.3, 0.4) is 0 Å². The Balaban J connectivity index is 1.92. The largest absolute Gasteiger partial charge is 0.379 e. The molecule has 20 heavy (non-hydrogen) atoms. The van der Waals surface area contributed by atoms with Gasteiger partial charge in [-0.3, -0.25) is 0 Å². The van der Waals surface area contributed by atoms with E-state index in [4.69, 9.17) is 4.74 Å². The van der Waals surface area contributed by atoms with Crippen molar-refractivity contribution in [2.24, 2.45) is 5.92 Å². The molecular weight excluding hydrogens is 250 g/mol. The predicted molar refractivity (Wildman–Crippen MR) is 83.0 cm³/mol. The molecule has 0 spiro atoms. The lowest BCUT2D eigenvalue weighted by atomic mass is 9.96. The van der Waals surface area contributed by atoms with Crippen LogP contribution in [0, 0.1) is 5.92 Å². The average Bonchev–Trinajstić information content (AvgIpc) is 2.49. The molecule has 1 aromatic rings. The molecule has 1 fully saturated rings. The van der Waals surface area contributed by atoms with E-state index in [0.717, 1.165) is 38.4 Å². The molecule has 1 aliphatic rings. The molecule has 2 heterocycles. The number of methoxy groups -OCH3 is 1. The quantitative estimate of drug-likeness (QED) is 0.811. The summed E-state index contributed by atoms with van der Waals surface area (Å²) < 4.78 is 5.56. The lowest BCUT2D eigenvalue weighted by Crippen LogP contribution is -2.44. The Morgan fingerprint density at radius 3 is 2.95 bits per heavy atom. The van der Waals surface area contributed by atoms with Gasteiger partial charge in [0, 0.05) is 32.9 Å². The zero-order valence-electron chi connectivity index (χ0n) is 12.9. The molecule has 112 valence electrons. The highest BCUT2D eigenvalue weighted by molar-refractivity contribution is 5.40. The molecule has 1 aromatic heterocycles. The van der Waals surface area contributed by atoms with Crippen LogP contribution in [-0.4, -0.2) is 37.8 Å². The Bertz CT molecular complexity index is 393. The summed E-state index contributed by atoms with van der Waals surface area (Å²) in [5, 5.41) is 3.40. The van der Waals surface area contributed by atoms with Crippen molar-refractivity contribution in [1.82, 2.24) is 10.3 Å². The summed E-state index contributed by atoms with van der Waals surface area (Å²) in [6.07, 6.45) is 4.63. The Kier molecular flexibility index (Phi) is 5.80. The van der Waals surface area contributed by atoms with Crippen molar-refractivity contribution in [3.8, 4) is 0 Å². The normalized spacial score (nSPS) is 23.1. The summed E-state index contributed by atoms with van der Waals surface area (Å²) in [5.41, 5.74) is 1.25. The van der Waals surface area contributed by atoms with Gasteiger partial charge in [0.15, 0.2) is 0 Å². The van der Waals surface area contributed by atoms with Gasteiger partial charge in [0.25, 0.3) is 0 Å². The maximum Gasteiger partial charge on any atom is 0.128 e. The van der Waals surface area contributed by atoms with Crippen LogP contribution in [0.25, 0.3) is 0 Å². The molecule has 4 nitrogen and oxygen atoms in total. The average molecular weight is 277 g/mol. The minimum atomic E-state index is 0.316. The van der Waals surface area contributed by atoms with E-state index in [1.807, 2.05) is 6.20 Å². The molecule has 2 rings (SSSR count). The van der Waals surface area contributed by atoms with Crippen molar-refractivity contribution in [1.29, 1.82) is 0 Å². The molecule has 0 bridgehead atoms. The topological polar surface area (TPSA) is 37.4 Å². The van der Waals surface area contributed by atoms with E-state index in [2.05, 4.69) is 41.2 Å². The molecule has 1 aliphatic heterocycles. The molecule has 0 amide bonds. The number of nitrogens with zero attached hydrogens (tertiary/aromatic N) is 2. The fourth-order valence-electron chi connectivity index (χ4n) is 2.67. The second-order valence-corrected chi connectivity index (χ2v) is 5.69. The predicted octanol–water partition coefficient (Wildman–Crippen LogP) is 2.44. The van der Waals surface area contributed by atoms with Crippen molar-refractivity contribution in [3.63, 3.8) is 0 Å². The Hall–Kier alpha value is -1.13. The summed E-state index contributed by atoms with van der Waals surface area (Å²) >= 11 is 0. The number of ether oxygens (including phenoxy) is 1. The van der Waals surface area contributed by atoms with Gasteiger partial charge in [0.05, 0.1) is 6.10 Å². The van der Waals surface area contributed by atoms with Gasteiger partial charge in [-0.1, -0.05) is 19.9 Å². The first kappa shape index (κ1) is 15.3. The van der Waals surface area contributed by atoms with Crippen molar-refractivity contribution in [2.75, 3.05) is 31.6 Å². The van der Waals surface area contributed by atoms with Gasteiger partial charge in [-0.25, -0.2) is 4.98 Å². The van der Waals surface area contributed by atoms with Crippen LogP contribution in [0.2, 0.25) is 0 Å². The summed E-state index contributed by atoms with van der Waals surface area (Å²) in [6, 6.07) is 4.30. The summed E-state index contributed by atoms with van der Waals surface area (Å²) in [5.74, 6) is 1.70. The number of hydrogen-bond acceptors (Lipinski definition) is 4. The lowest BCUT2D eigenvalue weighted by molar-refractivity contribution is 0.0496. The first-order valence-electron chi connectivity index (χ1n) is 7.68. The van der Waals surface area contributed by atoms with E-state index >= 15 is 0 Å². The highest BCUT2D eigenvalue weighted by Crippen LogP contribution is 2.23. The molecule has 0 radical (unpaired) electrons. The zero-order chi connectivity index (χ0) is 14.4. The van der Waals surface area contributed by atoms with Crippen LogP contribution in [0.5, 0.6) is 0 Å². The number of pyridine rings is 1. The summed E-state index contributed by atoms with van der Waals surface area (Å²) in [4.78, 5) is 6.94. The van der Waals surface area contributed by atoms with E-state index < -0.39 is 0 Å². The van der Waals surface area contributed by atoms with Crippen molar-refractivity contribution < 1.29 is 4.74 Å². The van der Waals surface area contributed by atoms with Gasteiger partial charge >= 0.3 is 0 Å². The third-order valence-electron chi connectivity index (χ3n) is 4.08. The minimum Gasteiger partial charge on any atom is -0.379 e. The number of rotatable bonds is 6.